The van der Waals surface area contributed by atoms with Crippen LogP contribution in [-0.2, 0) is 12.0 Å². The van der Waals surface area contributed by atoms with Crippen LogP contribution in [0.15, 0.2) is 60.7 Å². The molecule has 4 rings (SSSR count). The Bertz CT molecular complexity index is 785. The molecule has 0 amide bonds. The van der Waals surface area contributed by atoms with Gasteiger partial charge >= 0.3 is 0 Å². The van der Waals surface area contributed by atoms with Crippen molar-refractivity contribution in [1.29, 1.82) is 0 Å². The summed E-state index contributed by atoms with van der Waals surface area (Å²) in [5.41, 5.74) is 2.21. The largest absolute Gasteiger partial charge is 0.389 e. The van der Waals surface area contributed by atoms with E-state index in [-0.39, 0.29) is 11.5 Å². The van der Waals surface area contributed by atoms with Gasteiger partial charge in [-0.25, -0.2) is 0 Å². The van der Waals surface area contributed by atoms with E-state index in [1.54, 1.807) is 0 Å². The monoisotopic (exact) mass is 406 g/mol. The van der Waals surface area contributed by atoms with Crippen molar-refractivity contribution in [2.24, 2.45) is 5.92 Å². The van der Waals surface area contributed by atoms with Gasteiger partial charge in [-0.05, 0) is 44.5 Å². The predicted octanol–water partition coefficient (Wildman–Crippen LogP) is 4.70. The summed E-state index contributed by atoms with van der Waals surface area (Å²) in [6.07, 6.45) is 8.02. The van der Waals surface area contributed by atoms with Gasteiger partial charge in [0.05, 0.1) is 5.60 Å². The van der Waals surface area contributed by atoms with Crippen LogP contribution in [0, 0.1) is 5.92 Å². The van der Waals surface area contributed by atoms with Crippen LogP contribution in [0.25, 0.3) is 0 Å². The molecular weight excluding hydrogens is 368 g/mol. The van der Waals surface area contributed by atoms with Crippen molar-refractivity contribution in [1.82, 2.24) is 9.80 Å². The molecule has 1 aliphatic heterocycles. The van der Waals surface area contributed by atoms with E-state index >= 15 is 0 Å². The third-order valence-corrected chi connectivity index (χ3v) is 7.55. The normalized spacial score (nSPS) is 27.3. The highest BCUT2D eigenvalue weighted by Crippen LogP contribution is 2.46. The molecule has 3 nitrogen and oxygen atoms in total. The third kappa shape index (κ3) is 4.49. The molecule has 1 saturated heterocycles. The number of nitrogens with zero attached hydrogens (tertiary/aromatic N) is 2. The van der Waals surface area contributed by atoms with Crippen LogP contribution in [-0.4, -0.2) is 54.2 Å². The SMILES string of the molecule is CN(C)CC1CN(C2(c3ccccc3)CCCCC2)CCC1(O)Cc1ccccc1. The Balaban J connectivity index is 1.61. The fourth-order valence-corrected chi connectivity index (χ4v) is 5.97. The molecule has 0 bridgehead atoms. The van der Waals surface area contributed by atoms with Gasteiger partial charge in [0, 0.05) is 37.5 Å². The summed E-state index contributed by atoms with van der Waals surface area (Å²) in [6.45, 7) is 2.86. The Kier molecular flexibility index (Phi) is 6.62. The van der Waals surface area contributed by atoms with Crippen LogP contribution < -0.4 is 0 Å². The van der Waals surface area contributed by atoms with Crippen LogP contribution >= 0.6 is 0 Å². The maximum absolute atomic E-state index is 11.9. The molecule has 1 N–H and O–H groups in total. The van der Waals surface area contributed by atoms with Crippen LogP contribution in [0.1, 0.15) is 49.7 Å². The second-order valence-corrected chi connectivity index (χ2v) is 9.88. The topological polar surface area (TPSA) is 26.7 Å². The van der Waals surface area contributed by atoms with E-state index in [1.165, 1.54) is 43.2 Å². The van der Waals surface area contributed by atoms with Gasteiger partial charge in [0.2, 0.25) is 0 Å². The van der Waals surface area contributed by atoms with Crippen LogP contribution in [0.5, 0.6) is 0 Å². The minimum atomic E-state index is -0.644. The minimum Gasteiger partial charge on any atom is -0.389 e. The maximum atomic E-state index is 11.9. The van der Waals surface area contributed by atoms with Crippen LogP contribution in [0.2, 0.25) is 0 Å². The molecule has 1 heterocycles. The van der Waals surface area contributed by atoms with Gasteiger partial charge in [-0.3, -0.25) is 4.90 Å². The first kappa shape index (κ1) is 21.5. The van der Waals surface area contributed by atoms with Gasteiger partial charge in [0.25, 0.3) is 0 Å². The highest BCUT2D eigenvalue weighted by molar-refractivity contribution is 5.26. The lowest BCUT2D eigenvalue weighted by Gasteiger charge is -2.54. The quantitative estimate of drug-likeness (QED) is 0.753. The number of aliphatic hydroxyl groups is 1. The lowest BCUT2D eigenvalue weighted by molar-refractivity contribution is -0.109. The summed E-state index contributed by atoms with van der Waals surface area (Å²) in [6, 6.07) is 21.7. The Morgan fingerprint density at radius 2 is 1.53 bits per heavy atom. The van der Waals surface area contributed by atoms with Crippen molar-refractivity contribution in [3.63, 3.8) is 0 Å². The fourth-order valence-electron chi connectivity index (χ4n) is 5.97. The molecule has 2 atom stereocenters. The van der Waals surface area contributed by atoms with Crippen molar-refractivity contribution >= 4 is 0 Å². The standard InChI is InChI=1S/C27H38N2O/c1-28(2)21-25-22-29(19-18-27(25,30)20-23-12-6-3-7-13-23)26(16-10-5-11-17-26)24-14-8-4-9-15-24/h3-4,6-9,12-15,25,30H,5,10-11,16-22H2,1-2H3. The van der Waals surface area contributed by atoms with Crippen molar-refractivity contribution in [2.75, 3.05) is 33.7 Å². The molecule has 1 saturated carbocycles. The van der Waals surface area contributed by atoms with Gasteiger partial charge in [-0.2, -0.15) is 0 Å². The molecule has 3 heteroatoms. The zero-order valence-electron chi connectivity index (χ0n) is 18.8. The first-order valence-corrected chi connectivity index (χ1v) is 11.7. The van der Waals surface area contributed by atoms with Crippen molar-refractivity contribution in [3.05, 3.63) is 71.8 Å². The summed E-state index contributed by atoms with van der Waals surface area (Å²) in [5, 5.41) is 11.9. The Hall–Kier alpha value is -1.68. The first-order valence-electron chi connectivity index (χ1n) is 11.7. The number of hydrogen-bond donors (Lipinski definition) is 1. The summed E-state index contributed by atoms with van der Waals surface area (Å²) >= 11 is 0. The Morgan fingerprint density at radius 3 is 2.17 bits per heavy atom. The molecule has 2 unspecified atom stereocenters. The molecule has 0 aromatic heterocycles. The van der Waals surface area contributed by atoms with Gasteiger partial charge in [-0.15, -0.1) is 0 Å². The van der Waals surface area contributed by atoms with E-state index in [2.05, 4.69) is 84.6 Å². The van der Waals surface area contributed by atoms with Crippen molar-refractivity contribution in [2.45, 2.75) is 56.1 Å². The van der Waals surface area contributed by atoms with E-state index in [0.717, 1.165) is 32.5 Å². The molecule has 162 valence electrons. The number of likely N-dealkylation sites (tertiary alicyclic amines) is 1. The Labute approximate surface area is 182 Å². The van der Waals surface area contributed by atoms with Crippen molar-refractivity contribution < 1.29 is 5.11 Å². The van der Waals surface area contributed by atoms with Crippen molar-refractivity contribution in [3.8, 4) is 0 Å². The van der Waals surface area contributed by atoms with Gasteiger partial charge < -0.3 is 10.0 Å². The average molecular weight is 407 g/mol. The summed E-state index contributed by atoms with van der Waals surface area (Å²) in [7, 11) is 4.27. The number of rotatable bonds is 6. The van der Waals surface area contributed by atoms with E-state index < -0.39 is 5.60 Å². The minimum absolute atomic E-state index is 0.137. The van der Waals surface area contributed by atoms with Gasteiger partial charge in [-0.1, -0.05) is 79.9 Å². The fraction of sp³-hybridized carbons (Fsp3) is 0.556. The zero-order chi connectivity index (χ0) is 21.0. The van der Waals surface area contributed by atoms with Crippen LogP contribution in [0.3, 0.4) is 0 Å². The predicted molar refractivity (Wildman–Crippen MR) is 125 cm³/mol. The molecule has 2 aromatic carbocycles. The van der Waals surface area contributed by atoms with E-state index in [1.807, 2.05) is 0 Å². The smallest absolute Gasteiger partial charge is 0.0752 e. The molecule has 0 radical (unpaired) electrons. The van der Waals surface area contributed by atoms with E-state index in [4.69, 9.17) is 0 Å². The summed E-state index contributed by atoms with van der Waals surface area (Å²) in [5.74, 6) is 0.240. The lowest BCUT2D eigenvalue weighted by Crippen LogP contribution is -2.61. The lowest BCUT2D eigenvalue weighted by atomic mass is 9.70. The molecule has 2 aliphatic rings. The zero-order valence-corrected chi connectivity index (χ0v) is 18.8. The highest BCUT2D eigenvalue weighted by atomic mass is 16.3. The molecular formula is C27H38N2O. The van der Waals surface area contributed by atoms with Gasteiger partial charge in [0.15, 0.2) is 0 Å². The molecule has 2 fully saturated rings. The highest BCUT2D eigenvalue weighted by Gasteiger charge is 2.48. The maximum Gasteiger partial charge on any atom is 0.0752 e. The van der Waals surface area contributed by atoms with Gasteiger partial charge in [0.1, 0.15) is 0 Å². The molecule has 2 aromatic rings. The van der Waals surface area contributed by atoms with E-state index in [0.29, 0.717) is 0 Å². The number of piperidine rings is 1. The Morgan fingerprint density at radius 1 is 0.900 bits per heavy atom. The first-order chi connectivity index (χ1) is 14.5. The summed E-state index contributed by atoms with van der Waals surface area (Å²) < 4.78 is 0. The average Bonchev–Trinajstić information content (AvgIpc) is 2.77. The number of benzene rings is 2. The molecule has 0 spiro atoms. The second kappa shape index (κ2) is 9.21. The molecule has 1 aliphatic carbocycles. The molecule has 30 heavy (non-hydrogen) atoms. The second-order valence-electron chi connectivity index (χ2n) is 9.88. The number of hydrogen-bond acceptors (Lipinski definition) is 3. The van der Waals surface area contributed by atoms with E-state index in [9.17, 15) is 5.11 Å². The third-order valence-electron chi connectivity index (χ3n) is 7.55. The van der Waals surface area contributed by atoms with Crippen LogP contribution in [0.4, 0.5) is 0 Å². The summed E-state index contributed by atoms with van der Waals surface area (Å²) in [4.78, 5) is 5.00.